The van der Waals surface area contributed by atoms with Gasteiger partial charge in [-0.1, -0.05) is 18.5 Å². The second-order valence-electron chi connectivity index (χ2n) is 3.88. The van der Waals surface area contributed by atoms with Gasteiger partial charge in [0, 0.05) is 16.7 Å². The molecule has 1 aromatic carbocycles. The molecule has 0 saturated carbocycles. The highest BCUT2D eigenvalue weighted by Gasteiger charge is 2.20. The molecule has 114 valence electrons. The summed E-state index contributed by atoms with van der Waals surface area (Å²) in [6.45, 7) is 1.79. The van der Waals surface area contributed by atoms with Crippen molar-refractivity contribution in [1.82, 2.24) is 0 Å². The zero-order chi connectivity index (χ0) is 16.0. The summed E-state index contributed by atoms with van der Waals surface area (Å²) in [7, 11) is 1.29. The highest BCUT2D eigenvalue weighted by molar-refractivity contribution is 9.10. The molecule has 0 unspecified atom stereocenters. The van der Waals surface area contributed by atoms with Gasteiger partial charge in [-0.3, -0.25) is 10.1 Å². The van der Waals surface area contributed by atoms with Crippen LogP contribution in [0.1, 0.15) is 13.3 Å². The van der Waals surface area contributed by atoms with E-state index in [9.17, 15) is 14.9 Å². The summed E-state index contributed by atoms with van der Waals surface area (Å²) in [5.41, 5.74) is 0.184. The molecule has 8 heteroatoms. The number of esters is 1. The van der Waals surface area contributed by atoms with Gasteiger partial charge >= 0.3 is 11.7 Å². The number of benzene rings is 1. The molecule has 0 aromatic heterocycles. The number of methoxy groups -OCH3 is 1. The van der Waals surface area contributed by atoms with E-state index >= 15 is 0 Å². The number of carbonyl (C=O) groups is 1. The Labute approximate surface area is 135 Å². The van der Waals surface area contributed by atoms with Crippen LogP contribution >= 0.6 is 27.5 Å². The molecular formula is C13H13BrClNO5. The van der Waals surface area contributed by atoms with Crippen molar-refractivity contribution >= 4 is 39.2 Å². The average molecular weight is 379 g/mol. The van der Waals surface area contributed by atoms with Crippen LogP contribution in [0.15, 0.2) is 28.3 Å². The van der Waals surface area contributed by atoms with Crippen LogP contribution in [-0.4, -0.2) is 24.6 Å². The lowest BCUT2D eigenvalue weighted by atomic mass is 10.2. The second-order valence-corrected chi connectivity index (χ2v) is 5.17. The van der Waals surface area contributed by atoms with Crippen molar-refractivity contribution in [2.24, 2.45) is 0 Å². The lowest BCUT2D eigenvalue weighted by molar-refractivity contribution is -0.385. The fourth-order valence-electron chi connectivity index (χ4n) is 1.55. The van der Waals surface area contributed by atoms with Gasteiger partial charge in [-0.25, -0.2) is 4.79 Å². The highest BCUT2D eigenvalue weighted by atomic mass is 79.9. The van der Waals surface area contributed by atoms with Crippen molar-refractivity contribution < 1.29 is 19.2 Å². The molecule has 21 heavy (non-hydrogen) atoms. The minimum Gasteiger partial charge on any atom is -0.482 e. The van der Waals surface area contributed by atoms with Gasteiger partial charge in [-0.05, 0) is 34.5 Å². The minimum atomic E-state index is -0.587. The predicted octanol–water partition coefficient (Wildman–Crippen LogP) is 3.90. The predicted molar refractivity (Wildman–Crippen MR) is 81.7 cm³/mol. The SMILES string of the molecule is CCC(=CCOc1c(Br)cc(Cl)cc1[N+](=O)[O-])C(=O)OC. The van der Waals surface area contributed by atoms with Crippen LogP contribution in [0.4, 0.5) is 5.69 Å². The summed E-state index contributed by atoms with van der Waals surface area (Å²) in [6, 6.07) is 2.70. The Hall–Kier alpha value is -1.60. The Morgan fingerprint density at radius 1 is 1.52 bits per heavy atom. The summed E-state index contributed by atoms with van der Waals surface area (Å²) >= 11 is 8.94. The Balaban J connectivity index is 2.96. The number of hydrogen-bond donors (Lipinski definition) is 0. The van der Waals surface area contributed by atoms with Gasteiger partial charge in [0.15, 0.2) is 0 Å². The van der Waals surface area contributed by atoms with Gasteiger partial charge in [0.25, 0.3) is 0 Å². The van der Waals surface area contributed by atoms with Gasteiger partial charge in [-0.2, -0.15) is 0 Å². The van der Waals surface area contributed by atoms with Crippen molar-refractivity contribution in [2.75, 3.05) is 13.7 Å². The van der Waals surface area contributed by atoms with Crippen LogP contribution in [0.25, 0.3) is 0 Å². The number of nitrogens with zero attached hydrogens (tertiary/aromatic N) is 1. The van der Waals surface area contributed by atoms with E-state index < -0.39 is 10.9 Å². The van der Waals surface area contributed by atoms with Crippen LogP contribution < -0.4 is 4.74 Å². The van der Waals surface area contributed by atoms with E-state index in [-0.39, 0.29) is 23.1 Å². The van der Waals surface area contributed by atoms with Crippen LogP contribution in [0, 0.1) is 10.1 Å². The van der Waals surface area contributed by atoms with E-state index in [1.54, 1.807) is 6.92 Å². The Bertz CT molecular complexity index is 588. The lowest BCUT2D eigenvalue weighted by Gasteiger charge is -2.08. The van der Waals surface area contributed by atoms with E-state index in [0.717, 1.165) is 0 Å². The molecule has 0 heterocycles. The van der Waals surface area contributed by atoms with E-state index in [0.29, 0.717) is 16.5 Å². The third kappa shape index (κ3) is 4.71. The summed E-state index contributed by atoms with van der Waals surface area (Å²) in [6.07, 6.45) is 2.00. The van der Waals surface area contributed by atoms with Crippen molar-refractivity contribution in [3.05, 3.63) is 43.4 Å². The lowest BCUT2D eigenvalue weighted by Crippen LogP contribution is -2.07. The van der Waals surface area contributed by atoms with Crippen molar-refractivity contribution in [2.45, 2.75) is 13.3 Å². The molecule has 0 spiro atoms. The topological polar surface area (TPSA) is 78.7 Å². The molecule has 6 nitrogen and oxygen atoms in total. The Kier molecular flexibility index (Phi) is 6.64. The average Bonchev–Trinajstić information content (AvgIpc) is 2.44. The summed E-state index contributed by atoms with van der Waals surface area (Å²) < 4.78 is 10.4. The van der Waals surface area contributed by atoms with Gasteiger partial charge < -0.3 is 9.47 Å². The number of halogens is 2. The number of nitro groups is 1. The zero-order valence-corrected chi connectivity index (χ0v) is 13.7. The van der Waals surface area contributed by atoms with Gasteiger partial charge in [0.2, 0.25) is 5.75 Å². The number of rotatable bonds is 6. The number of carbonyl (C=O) groups excluding carboxylic acids is 1. The fourth-order valence-corrected chi connectivity index (χ4v) is 2.46. The smallest absolute Gasteiger partial charge is 0.333 e. The molecule has 0 fully saturated rings. The van der Waals surface area contributed by atoms with E-state index in [4.69, 9.17) is 16.3 Å². The maximum atomic E-state index is 11.4. The van der Waals surface area contributed by atoms with Crippen molar-refractivity contribution in [3.63, 3.8) is 0 Å². The molecule has 0 N–H and O–H groups in total. The molecule has 0 bridgehead atoms. The number of ether oxygens (including phenoxy) is 2. The Morgan fingerprint density at radius 3 is 2.71 bits per heavy atom. The molecule has 1 aromatic rings. The van der Waals surface area contributed by atoms with E-state index in [1.807, 2.05) is 0 Å². The molecule has 1 rings (SSSR count). The molecular weight excluding hydrogens is 366 g/mol. The summed E-state index contributed by atoms with van der Waals surface area (Å²) in [5, 5.41) is 11.2. The molecule has 0 aliphatic heterocycles. The quantitative estimate of drug-likeness (QED) is 0.325. The van der Waals surface area contributed by atoms with Crippen LogP contribution in [-0.2, 0) is 9.53 Å². The first-order valence-electron chi connectivity index (χ1n) is 5.94. The molecule has 0 aliphatic rings. The minimum absolute atomic E-state index is 0.000649. The maximum Gasteiger partial charge on any atom is 0.333 e. The first-order chi connectivity index (χ1) is 9.90. The highest BCUT2D eigenvalue weighted by Crippen LogP contribution is 2.37. The largest absolute Gasteiger partial charge is 0.482 e. The Morgan fingerprint density at radius 2 is 2.19 bits per heavy atom. The molecule has 0 radical (unpaired) electrons. The maximum absolute atomic E-state index is 11.4. The number of hydrogen-bond acceptors (Lipinski definition) is 5. The van der Waals surface area contributed by atoms with Crippen molar-refractivity contribution in [1.29, 1.82) is 0 Å². The van der Waals surface area contributed by atoms with Gasteiger partial charge in [0.05, 0.1) is 16.5 Å². The molecule has 0 saturated heterocycles. The standard InChI is InChI=1S/C13H13BrClNO5/c1-3-8(13(17)20-2)4-5-21-12-10(14)6-9(15)7-11(12)16(18)19/h4,6-7H,3,5H2,1-2H3. The molecule has 0 aliphatic carbocycles. The van der Waals surface area contributed by atoms with Crippen LogP contribution in [0.3, 0.4) is 0 Å². The second kappa shape index (κ2) is 7.99. The molecule has 0 atom stereocenters. The fraction of sp³-hybridized carbons (Fsp3) is 0.308. The third-order valence-corrected chi connectivity index (χ3v) is 3.38. The van der Waals surface area contributed by atoms with E-state index in [1.165, 1.54) is 25.3 Å². The summed E-state index contributed by atoms with van der Waals surface area (Å²) in [5.74, 6) is -0.397. The monoisotopic (exact) mass is 377 g/mol. The normalized spacial score (nSPS) is 11.1. The summed E-state index contributed by atoms with van der Waals surface area (Å²) in [4.78, 5) is 21.8. The van der Waals surface area contributed by atoms with Gasteiger partial charge in [0.1, 0.15) is 6.61 Å². The first kappa shape index (κ1) is 17.5. The number of nitro benzene ring substituents is 1. The van der Waals surface area contributed by atoms with Gasteiger partial charge in [-0.15, -0.1) is 0 Å². The van der Waals surface area contributed by atoms with Crippen LogP contribution in [0.2, 0.25) is 5.02 Å². The van der Waals surface area contributed by atoms with E-state index in [2.05, 4.69) is 20.7 Å². The van der Waals surface area contributed by atoms with Crippen molar-refractivity contribution in [3.8, 4) is 5.75 Å². The third-order valence-electron chi connectivity index (χ3n) is 2.57. The zero-order valence-electron chi connectivity index (χ0n) is 11.4. The van der Waals surface area contributed by atoms with Crippen LogP contribution in [0.5, 0.6) is 5.75 Å². The first-order valence-corrected chi connectivity index (χ1v) is 7.11. The molecule has 0 amide bonds.